The SMILES string of the molecule is C1CCOC1.CCCl.CCCl.CCO.CCOC(C)=O.Cl.O=S(Cl)Cl.[2H]C.[2H]CCC.[B].[H-].[Na+]. The van der Waals surface area contributed by atoms with E-state index >= 15 is 0 Å². The van der Waals surface area contributed by atoms with Gasteiger partial charge < -0.3 is 16.0 Å². The van der Waals surface area contributed by atoms with Crippen LogP contribution in [0, 0.1) is 0 Å². The molecular formula is C18H46BCl5NaO5S. The molecule has 31 heavy (non-hydrogen) atoms. The first-order valence-electron chi connectivity index (χ1n) is 10.3. The van der Waals surface area contributed by atoms with E-state index in [2.05, 4.69) is 26.1 Å². The van der Waals surface area contributed by atoms with Crippen molar-refractivity contribution in [2.75, 3.05) is 38.2 Å². The van der Waals surface area contributed by atoms with Gasteiger partial charge in [-0.05, 0) is 26.7 Å². The van der Waals surface area contributed by atoms with Crippen LogP contribution in [0.25, 0.3) is 0 Å². The van der Waals surface area contributed by atoms with Gasteiger partial charge in [-0.2, -0.15) is 0 Å². The molecule has 0 aromatic carbocycles. The largest absolute Gasteiger partial charge is 1.00 e. The van der Waals surface area contributed by atoms with E-state index in [0.717, 1.165) is 31.4 Å². The summed E-state index contributed by atoms with van der Waals surface area (Å²) in [6, 6.07) is 0. The van der Waals surface area contributed by atoms with E-state index in [4.69, 9.17) is 40.0 Å². The van der Waals surface area contributed by atoms with E-state index in [0.29, 0.717) is 13.5 Å². The molecule has 1 rings (SSSR count). The van der Waals surface area contributed by atoms with Gasteiger partial charge in [0.05, 0.1) is 6.61 Å². The maximum absolute atomic E-state index is 9.82. The summed E-state index contributed by atoms with van der Waals surface area (Å²) in [4.78, 5) is 9.82. The van der Waals surface area contributed by atoms with E-state index in [-0.39, 0.29) is 64.4 Å². The number of esters is 1. The molecule has 1 heterocycles. The van der Waals surface area contributed by atoms with E-state index in [1.807, 2.05) is 20.8 Å². The minimum absolute atomic E-state index is 0. The molecule has 0 unspecified atom stereocenters. The van der Waals surface area contributed by atoms with Gasteiger partial charge >= 0.3 is 35.5 Å². The third-order valence-electron chi connectivity index (χ3n) is 1.17. The second kappa shape index (κ2) is 85.1. The zero-order chi connectivity index (χ0) is 25.6. The van der Waals surface area contributed by atoms with Gasteiger partial charge in [0.1, 0.15) is 0 Å². The quantitative estimate of drug-likeness (QED) is 0.217. The maximum Gasteiger partial charge on any atom is 1.00 e. The summed E-state index contributed by atoms with van der Waals surface area (Å²) in [5.74, 6) is 1.23. The number of carbonyl (C=O) groups is 1. The summed E-state index contributed by atoms with van der Waals surface area (Å²) < 4.78 is 30.6. The summed E-state index contributed by atoms with van der Waals surface area (Å²) in [6.07, 6.45) is 3.54. The standard InChI is InChI=1S/C4H8O2.C4H8O.C3H8.2C2H5Cl.C2H6O.CH4.B.Cl2OS.ClH.Na.H/c1-3-6-4(2)5;1-2-4-5-3-1;1-3-2;3*1-2-3;;;1-4(2)3;;;/h3H2,1-2H3;1-4H2;3H2,1-2H3;2*2H2,1H3;3H,2H2,1H3;1H4;;;1H;;/q;;;;;;;;;;+1;-1/i;;1D;;;;1D;;;;;. The fraction of sp³-hybridized carbons (Fsp3) is 0.944. The number of alkyl halides is 2. The molecule has 0 spiro atoms. The number of ether oxygens (including phenoxy) is 2. The Hall–Kier alpha value is 2.05. The van der Waals surface area contributed by atoms with Crippen LogP contribution in [0.5, 0.6) is 0 Å². The molecule has 1 saturated heterocycles. The Labute approximate surface area is 249 Å². The van der Waals surface area contributed by atoms with Crippen LogP contribution in [0.1, 0.15) is 79.3 Å². The van der Waals surface area contributed by atoms with Crippen molar-refractivity contribution in [2.45, 2.75) is 75.1 Å². The molecule has 0 amide bonds. The Morgan fingerprint density at radius 3 is 1.42 bits per heavy atom. The van der Waals surface area contributed by atoms with Gasteiger partial charge in [-0.3, -0.25) is 4.79 Å². The van der Waals surface area contributed by atoms with E-state index < -0.39 is 9.23 Å². The maximum atomic E-state index is 9.82. The predicted octanol–water partition coefficient (Wildman–Crippen LogP) is 4.11. The minimum atomic E-state index is -1.67. The summed E-state index contributed by atoms with van der Waals surface area (Å²) in [6.45, 7) is 13.9. The van der Waals surface area contributed by atoms with Crippen LogP contribution >= 0.6 is 57.0 Å². The second-order valence-corrected chi connectivity index (χ2v) is 7.37. The minimum Gasteiger partial charge on any atom is -1.00 e. The van der Waals surface area contributed by atoms with Crippen molar-refractivity contribution in [1.82, 2.24) is 0 Å². The van der Waals surface area contributed by atoms with Gasteiger partial charge in [-0.25, -0.2) is 4.21 Å². The molecule has 0 saturated carbocycles. The number of rotatable bonds is 1. The van der Waals surface area contributed by atoms with Crippen LogP contribution in [-0.2, 0) is 23.5 Å². The summed E-state index contributed by atoms with van der Waals surface area (Å²) in [5.41, 5.74) is 0. The van der Waals surface area contributed by atoms with Crippen molar-refractivity contribution in [2.24, 2.45) is 0 Å². The zero-order valence-electron chi connectivity index (χ0n) is 23.6. The van der Waals surface area contributed by atoms with Crippen LogP contribution < -0.4 is 29.6 Å². The molecule has 1 aliphatic rings. The molecule has 193 valence electrons. The van der Waals surface area contributed by atoms with Crippen molar-refractivity contribution in [3.05, 3.63) is 0 Å². The van der Waals surface area contributed by atoms with Crippen molar-refractivity contribution in [3.8, 4) is 0 Å². The fourth-order valence-corrected chi connectivity index (χ4v) is 0.714. The van der Waals surface area contributed by atoms with Crippen LogP contribution in [0.4, 0.5) is 0 Å². The second-order valence-electron chi connectivity index (χ2n) is 3.78. The smallest absolute Gasteiger partial charge is 1.00 e. The Morgan fingerprint density at radius 2 is 1.39 bits per heavy atom. The van der Waals surface area contributed by atoms with Crippen LogP contribution in [-0.4, -0.2) is 61.9 Å². The van der Waals surface area contributed by atoms with Gasteiger partial charge in [0.25, 0.3) is 0 Å². The molecule has 0 bridgehead atoms. The van der Waals surface area contributed by atoms with Gasteiger partial charge in [-0.15, -0.1) is 35.6 Å². The van der Waals surface area contributed by atoms with Crippen LogP contribution in [0.2, 0.25) is 0 Å². The number of halogens is 5. The van der Waals surface area contributed by atoms with Gasteiger partial charge in [0.15, 0.2) is 0 Å². The molecule has 0 atom stereocenters. The zero-order valence-corrected chi connectivity index (χ0v) is 27.2. The first-order chi connectivity index (χ1) is 14.2. The Bertz CT molecular complexity index is 260. The molecule has 1 fully saturated rings. The monoisotopic (exact) mass is 585 g/mol. The van der Waals surface area contributed by atoms with Gasteiger partial charge in [-0.1, -0.05) is 41.5 Å². The van der Waals surface area contributed by atoms with E-state index in [9.17, 15) is 4.79 Å². The summed E-state index contributed by atoms with van der Waals surface area (Å²) >= 11 is 10.00. The first-order valence-corrected chi connectivity index (χ1v) is 12.5. The van der Waals surface area contributed by atoms with Crippen molar-refractivity contribution < 1.29 is 57.3 Å². The fourth-order valence-electron chi connectivity index (χ4n) is 0.714. The summed E-state index contributed by atoms with van der Waals surface area (Å²) in [5, 5.41) is 7.57. The Morgan fingerprint density at radius 1 is 1.16 bits per heavy atom. The molecule has 13 heteroatoms. The molecular weight excluding hydrogens is 539 g/mol. The third kappa shape index (κ3) is 286. The normalized spacial score (nSPS) is 9.45. The molecule has 5 nitrogen and oxygen atoms in total. The third-order valence-corrected chi connectivity index (χ3v) is 1.17. The van der Waals surface area contributed by atoms with Crippen molar-refractivity contribution in [1.29, 1.82) is 0 Å². The number of aliphatic hydroxyl groups excluding tert-OH is 1. The van der Waals surface area contributed by atoms with Crippen LogP contribution in [0.15, 0.2) is 0 Å². The number of hydrogen-bond acceptors (Lipinski definition) is 5. The van der Waals surface area contributed by atoms with Gasteiger partial charge in [0, 0.05) is 71.0 Å². The average molecular weight is 588 g/mol. The predicted molar refractivity (Wildman–Crippen MR) is 145 cm³/mol. The Kier molecular flexibility index (Phi) is 149. The molecule has 0 aliphatic carbocycles. The number of hydrogen-bond donors (Lipinski definition) is 1. The number of aliphatic hydroxyl groups is 1. The molecule has 1 N–H and O–H groups in total. The van der Waals surface area contributed by atoms with Crippen LogP contribution in [0.3, 0.4) is 0 Å². The first kappa shape index (κ1) is 54.1. The van der Waals surface area contributed by atoms with Crippen molar-refractivity contribution in [3.63, 3.8) is 0 Å². The Balaban J connectivity index is -0.0000000198. The molecule has 3 radical (unpaired) electrons. The molecule has 0 aromatic heterocycles. The average Bonchev–Trinajstić information content (AvgIpc) is 3.25. The molecule has 0 aromatic rings. The molecule has 1 aliphatic heterocycles. The van der Waals surface area contributed by atoms with E-state index in [1.54, 1.807) is 13.8 Å². The summed E-state index contributed by atoms with van der Waals surface area (Å²) in [7, 11) is 8.61. The van der Waals surface area contributed by atoms with E-state index in [1.165, 1.54) is 27.2 Å². The number of carbonyl (C=O) groups excluding carboxylic acids is 1. The van der Waals surface area contributed by atoms with Crippen molar-refractivity contribution >= 4 is 80.6 Å². The topological polar surface area (TPSA) is 72.8 Å². The van der Waals surface area contributed by atoms with Gasteiger partial charge in [0.2, 0.25) is 9.23 Å².